The van der Waals surface area contributed by atoms with E-state index in [9.17, 15) is 17.6 Å². The van der Waals surface area contributed by atoms with Crippen molar-refractivity contribution in [1.82, 2.24) is 15.4 Å². The van der Waals surface area contributed by atoms with Crippen molar-refractivity contribution in [3.05, 3.63) is 30.1 Å². The first kappa shape index (κ1) is 18.5. The summed E-state index contributed by atoms with van der Waals surface area (Å²) in [5.41, 5.74) is 0. The van der Waals surface area contributed by atoms with Crippen molar-refractivity contribution in [2.75, 3.05) is 13.1 Å². The first-order chi connectivity index (χ1) is 10.3. The van der Waals surface area contributed by atoms with Crippen LogP contribution in [-0.2, 0) is 14.8 Å². The molecule has 0 aliphatic rings. The van der Waals surface area contributed by atoms with Crippen molar-refractivity contribution in [2.24, 2.45) is 0 Å². The van der Waals surface area contributed by atoms with Gasteiger partial charge in [0.2, 0.25) is 15.9 Å². The highest BCUT2D eigenvalue weighted by atomic mass is 32.2. The van der Waals surface area contributed by atoms with Crippen LogP contribution in [0.25, 0.3) is 0 Å². The Labute approximate surface area is 130 Å². The maximum atomic E-state index is 13.5. The summed E-state index contributed by atoms with van der Waals surface area (Å²) in [6, 6.07) is 4.09. The number of amides is 1. The lowest BCUT2D eigenvalue weighted by atomic mass is 10.3. The molecule has 124 valence electrons. The van der Waals surface area contributed by atoms with Crippen LogP contribution in [0.2, 0.25) is 0 Å². The zero-order valence-corrected chi connectivity index (χ0v) is 13.7. The lowest BCUT2D eigenvalue weighted by Gasteiger charge is -2.17. The summed E-state index contributed by atoms with van der Waals surface area (Å²) < 4.78 is 39.8. The van der Waals surface area contributed by atoms with Gasteiger partial charge in [-0.25, -0.2) is 12.8 Å². The molecule has 1 amide bonds. The number of sulfonamides is 1. The van der Waals surface area contributed by atoms with Gasteiger partial charge in [0.05, 0.1) is 6.04 Å². The molecule has 1 unspecified atom stereocenters. The highest BCUT2D eigenvalue weighted by Crippen LogP contribution is 2.13. The quantitative estimate of drug-likeness (QED) is 0.651. The molecule has 0 fully saturated rings. The Kier molecular flexibility index (Phi) is 6.92. The molecule has 0 saturated carbocycles. The van der Waals surface area contributed by atoms with Crippen LogP contribution < -0.4 is 15.4 Å². The number of nitrogens with one attached hydrogen (secondary N) is 3. The van der Waals surface area contributed by atoms with Gasteiger partial charge in [0, 0.05) is 12.6 Å². The number of rotatable bonds is 8. The van der Waals surface area contributed by atoms with Crippen molar-refractivity contribution in [2.45, 2.75) is 37.8 Å². The van der Waals surface area contributed by atoms with E-state index >= 15 is 0 Å². The average Bonchev–Trinajstić information content (AvgIpc) is 2.44. The van der Waals surface area contributed by atoms with Crippen molar-refractivity contribution >= 4 is 15.9 Å². The molecule has 0 bridgehead atoms. The summed E-state index contributed by atoms with van der Waals surface area (Å²) in [7, 11) is -4.09. The van der Waals surface area contributed by atoms with Crippen LogP contribution in [0.3, 0.4) is 0 Å². The Morgan fingerprint density at radius 3 is 2.50 bits per heavy atom. The Morgan fingerprint density at radius 2 is 1.91 bits per heavy atom. The van der Waals surface area contributed by atoms with Crippen LogP contribution >= 0.6 is 0 Å². The molecule has 1 rings (SSSR count). The van der Waals surface area contributed by atoms with Gasteiger partial charge in [0.15, 0.2) is 0 Å². The topological polar surface area (TPSA) is 87.3 Å². The van der Waals surface area contributed by atoms with Gasteiger partial charge in [0.25, 0.3) is 0 Å². The van der Waals surface area contributed by atoms with Crippen LogP contribution in [-0.4, -0.2) is 39.5 Å². The Balaban J connectivity index is 2.65. The van der Waals surface area contributed by atoms with E-state index in [-0.39, 0.29) is 6.04 Å². The van der Waals surface area contributed by atoms with Crippen molar-refractivity contribution < 1.29 is 17.6 Å². The van der Waals surface area contributed by atoms with Crippen LogP contribution in [0.5, 0.6) is 0 Å². The van der Waals surface area contributed by atoms with Crippen molar-refractivity contribution in [3.8, 4) is 0 Å². The SMILES string of the molecule is CCN[C@H](C)CNC(=O)C(C)NS(=O)(=O)c1ccccc1F. The van der Waals surface area contributed by atoms with Gasteiger partial charge in [0.1, 0.15) is 10.7 Å². The fourth-order valence-corrected chi connectivity index (χ4v) is 3.12. The molecule has 1 aromatic carbocycles. The number of carbonyl (C=O) groups is 1. The van der Waals surface area contributed by atoms with E-state index in [1.165, 1.54) is 19.1 Å². The summed E-state index contributed by atoms with van der Waals surface area (Å²) in [5, 5.41) is 5.75. The Hall–Kier alpha value is -1.51. The largest absolute Gasteiger partial charge is 0.353 e. The highest BCUT2D eigenvalue weighted by Gasteiger charge is 2.24. The zero-order valence-electron chi connectivity index (χ0n) is 12.9. The van der Waals surface area contributed by atoms with Gasteiger partial charge in [-0.15, -0.1) is 0 Å². The van der Waals surface area contributed by atoms with E-state index < -0.39 is 32.7 Å². The molecule has 0 saturated heterocycles. The third-order valence-electron chi connectivity index (χ3n) is 2.99. The second-order valence-electron chi connectivity index (χ2n) is 4.98. The lowest BCUT2D eigenvalue weighted by molar-refractivity contribution is -0.122. The first-order valence-corrected chi connectivity index (χ1v) is 8.54. The second-order valence-corrected chi connectivity index (χ2v) is 6.66. The number of carbonyl (C=O) groups excluding carboxylic acids is 1. The van der Waals surface area contributed by atoms with Gasteiger partial charge in [-0.3, -0.25) is 4.79 Å². The summed E-state index contributed by atoms with van der Waals surface area (Å²) in [4.78, 5) is 11.4. The number of hydrogen-bond donors (Lipinski definition) is 3. The van der Waals surface area contributed by atoms with E-state index in [1.807, 2.05) is 13.8 Å². The summed E-state index contributed by atoms with van der Waals surface area (Å²) in [5.74, 6) is -1.33. The third kappa shape index (κ3) is 5.36. The summed E-state index contributed by atoms with van der Waals surface area (Å²) >= 11 is 0. The molecule has 8 heteroatoms. The molecule has 1 aromatic rings. The molecule has 2 atom stereocenters. The summed E-state index contributed by atoms with van der Waals surface area (Å²) in [6.45, 7) is 6.40. The van der Waals surface area contributed by atoms with Crippen LogP contribution in [0, 0.1) is 5.82 Å². The molecule has 22 heavy (non-hydrogen) atoms. The van der Waals surface area contributed by atoms with Gasteiger partial charge in [-0.2, -0.15) is 4.72 Å². The molecule has 6 nitrogen and oxygen atoms in total. The Bertz CT molecular complexity index is 607. The third-order valence-corrected chi connectivity index (χ3v) is 4.56. The van der Waals surface area contributed by atoms with Gasteiger partial charge < -0.3 is 10.6 Å². The van der Waals surface area contributed by atoms with Gasteiger partial charge in [-0.1, -0.05) is 19.1 Å². The molecule has 0 aliphatic heterocycles. The van der Waals surface area contributed by atoms with Crippen molar-refractivity contribution in [3.63, 3.8) is 0 Å². The standard InChI is InChI=1S/C14H22FN3O3S/c1-4-16-10(2)9-17-14(19)11(3)18-22(20,21)13-8-6-5-7-12(13)15/h5-8,10-11,16,18H,4,9H2,1-3H3,(H,17,19)/t10-,11?/m1/s1. The smallest absolute Gasteiger partial charge is 0.244 e. The predicted molar refractivity (Wildman–Crippen MR) is 82.3 cm³/mol. The van der Waals surface area contributed by atoms with Crippen LogP contribution in [0.1, 0.15) is 20.8 Å². The van der Waals surface area contributed by atoms with Crippen LogP contribution in [0.4, 0.5) is 4.39 Å². The molecule has 0 radical (unpaired) electrons. The predicted octanol–water partition coefficient (Wildman–Crippen LogP) is 0.607. The molecule has 0 heterocycles. The normalized spacial score (nSPS) is 14.4. The minimum atomic E-state index is -4.09. The minimum absolute atomic E-state index is 0.0734. The first-order valence-electron chi connectivity index (χ1n) is 7.06. The monoisotopic (exact) mass is 331 g/mol. The van der Waals surface area contributed by atoms with Crippen LogP contribution in [0.15, 0.2) is 29.2 Å². The van der Waals surface area contributed by atoms with Gasteiger partial charge >= 0.3 is 0 Å². The molecular formula is C14H22FN3O3S. The lowest BCUT2D eigenvalue weighted by Crippen LogP contribution is -2.48. The van der Waals surface area contributed by atoms with Crippen molar-refractivity contribution in [1.29, 1.82) is 0 Å². The van der Waals surface area contributed by atoms with E-state index in [0.717, 1.165) is 18.7 Å². The zero-order chi connectivity index (χ0) is 16.8. The highest BCUT2D eigenvalue weighted by molar-refractivity contribution is 7.89. The number of likely N-dealkylation sites (N-methyl/N-ethyl adjacent to an activating group) is 1. The van der Waals surface area contributed by atoms with Gasteiger partial charge in [-0.05, 0) is 32.5 Å². The average molecular weight is 331 g/mol. The second kappa shape index (κ2) is 8.21. The fraction of sp³-hybridized carbons (Fsp3) is 0.500. The molecular weight excluding hydrogens is 309 g/mol. The molecule has 0 spiro atoms. The maximum absolute atomic E-state index is 13.5. The minimum Gasteiger partial charge on any atom is -0.353 e. The molecule has 0 aliphatic carbocycles. The summed E-state index contributed by atoms with van der Waals surface area (Å²) in [6.07, 6.45) is 0. The maximum Gasteiger partial charge on any atom is 0.244 e. The van der Waals surface area contributed by atoms with E-state index in [0.29, 0.717) is 6.54 Å². The molecule has 0 aromatic heterocycles. The fourth-order valence-electron chi connectivity index (χ4n) is 1.84. The van der Waals surface area contributed by atoms with E-state index in [1.54, 1.807) is 0 Å². The molecule has 3 N–H and O–H groups in total. The Morgan fingerprint density at radius 1 is 1.27 bits per heavy atom. The number of hydrogen-bond acceptors (Lipinski definition) is 4. The van der Waals surface area contributed by atoms with E-state index in [4.69, 9.17) is 0 Å². The van der Waals surface area contributed by atoms with E-state index in [2.05, 4.69) is 15.4 Å². The number of benzene rings is 1. The number of halogens is 1.